The second-order valence-corrected chi connectivity index (χ2v) is 5.86. The highest BCUT2D eigenvalue weighted by Gasteiger charge is 2.22. The third kappa shape index (κ3) is 2.93. The number of carbonyl (C=O) groups is 1. The molecule has 1 amide bonds. The molecule has 2 aromatic rings. The third-order valence-corrected chi connectivity index (χ3v) is 4.02. The van der Waals surface area contributed by atoms with Crippen LogP contribution in [0.4, 0.5) is 0 Å². The van der Waals surface area contributed by atoms with Crippen molar-refractivity contribution in [3.8, 4) is 11.5 Å². The summed E-state index contributed by atoms with van der Waals surface area (Å²) in [6.45, 7) is 4.04. The Morgan fingerprint density at radius 3 is 2.55 bits per heavy atom. The van der Waals surface area contributed by atoms with Gasteiger partial charge in [-0.15, -0.1) is 11.3 Å². The van der Waals surface area contributed by atoms with E-state index in [2.05, 4.69) is 5.32 Å². The van der Waals surface area contributed by atoms with E-state index in [1.165, 1.54) is 18.2 Å². The number of hydrogen-bond donors (Lipinski definition) is 3. The Hall–Kier alpha value is -2.01. The maximum atomic E-state index is 12.3. The van der Waals surface area contributed by atoms with Gasteiger partial charge in [0, 0.05) is 4.88 Å². The molecule has 1 aromatic carbocycles. The van der Waals surface area contributed by atoms with Crippen molar-refractivity contribution >= 4 is 17.2 Å². The Bertz CT molecular complexity index is 593. The van der Waals surface area contributed by atoms with Crippen LogP contribution in [0.5, 0.6) is 11.5 Å². The van der Waals surface area contributed by atoms with Crippen molar-refractivity contribution in [2.24, 2.45) is 5.92 Å². The standard InChI is InChI=1S/C15H17NO3S/c1-9(2)13(12-7-4-8-20-12)16-15(19)10-5-3-6-11(17)14(10)18/h3-9,13,17-18H,1-2H3,(H,16,19). The lowest BCUT2D eigenvalue weighted by atomic mass is 10.0. The molecule has 3 N–H and O–H groups in total. The predicted octanol–water partition coefficient (Wildman–Crippen LogP) is 3.29. The highest BCUT2D eigenvalue weighted by molar-refractivity contribution is 7.10. The van der Waals surface area contributed by atoms with Gasteiger partial charge in [-0.05, 0) is 29.5 Å². The Morgan fingerprint density at radius 1 is 1.20 bits per heavy atom. The third-order valence-electron chi connectivity index (χ3n) is 3.06. The number of thiophene rings is 1. The van der Waals surface area contributed by atoms with Crippen LogP contribution in [0.2, 0.25) is 0 Å². The summed E-state index contributed by atoms with van der Waals surface area (Å²) in [4.78, 5) is 13.3. The molecule has 0 aliphatic heterocycles. The number of nitrogens with one attached hydrogen (secondary N) is 1. The number of rotatable bonds is 4. The second kappa shape index (κ2) is 5.96. The van der Waals surface area contributed by atoms with E-state index in [0.717, 1.165) is 4.88 Å². The van der Waals surface area contributed by atoms with Crippen molar-refractivity contribution in [3.63, 3.8) is 0 Å². The van der Waals surface area contributed by atoms with Gasteiger partial charge in [-0.1, -0.05) is 26.0 Å². The molecule has 4 nitrogen and oxygen atoms in total. The summed E-state index contributed by atoms with van der Waals surface area (Å²) in [7, 11) is 0. The normalized spacial score (nSPS) is 12.3. The number of aromatic hydroxyl groups is 2. The lowest BCUT2D eigenvalue weighted by Crippen LogP contribution is -2.31. The van der Waals surface area contributed by atoms with Crippen LogP contribution in [-0.2, 0) is 0 Å². The molecule has 0 radical (unpaired) electrons. The van der Waals surface area contributed by atoms with Gasteiger partial charge in [-0.2, -0.15) is 0 Å². The van der Waals surface area contributed by atoms with Crippen LogP contribution in [0.1, 0.15) is 35.1 Å². The first-order valence-electron chi connectivity index (χ1n) is 6.36. The molecule has 2 rings (SSSR count). The Kier molecular flexibility index (Phi) is 4.29. The molecule has 20 heavy (non-hydrogen) atoms. The highest BCUT2D eigenvalue weighted by atomic mass is 32.1. The molecule has 0 aliphatic carbocycles. The maximum Gasteiger partial charge on any atom is 0.255 e. The summed E-state index contributed by atoms with van der Waals surface area (Å²) in [6.07, 6.45) is 0. The summed E-state index contributed by atoms with van der Waals surface area (Å²) < 4.78 is 0. The SMILES string of the molecule is CC(C)C(NC(=O)c1cccc(O)c1O)c1cccs1. The molecule has 1 aromatic heterocycles. The molecule has 0 spiro atoms. The average Bonchev–Trinajstić information content (AvgIpc) is 2.92. The lowest BCUT2D eigenvalue weighted by molar-refractivity contribution is 0.0923. The van der Waals surface area contributed by atoms with Crippen LogP contribution in [0.25, 0.3) is 0 Å². The van der Waals surface area contributed by atoms with Gasteiger partial charge in [-0.3, -0.25) is 4.79 Å². The van der Waals surface area contributed by atoms with E-state index >= 15 is 0 Å². The van der Waals surface area contributed by atoms with E-state index in [1.807, 2.05) is 31.4 Å². The fraction of sp³-hybridized carbons (Fsp3) is 0.267. The van der Waals surface area contributed by atoms with Crippen LogP contribution in [0, 0.1) is 5.92 Å². The first kappa shape index (κ1) is 14.4. The van der Waals surface area contributed by atoms with Gasteiger partial charge in [0.2, 0.25) is 0 Å². The molecule has 0 fully saturated rings. The van der Waals surface area contributed by atoms with Crippen molar-refractivity contribution in [2.75, 3.05) is 0 Å². The zero-order valence-corrected chi connectivity index (χ0v) is 12.1. The molecule has 1 heterocycles. The van der Waals surface area contributed by atoms with Gasteiger partial charge < -0.3 is 15.5 Å². The molecular weight excluding hydrogens is 274 g/mol. The Balaban J connectivity index is 2.23. The molecular formula is C15H17NO3S. The molecule has 1 atom stereocenters. The summed E-state index contributed by atoms with van der Waals surface area (Å²) in [6, 6.07) is 8.14. The second-order valence-electron chi connectivity index (χ2n) is 4.88. The summed E-state index contributed by atoms with van der Waals surface area (Å²) in [5, 5.41) is 24.1. The van der Waals surface area contributed by atoms with Crippen LogP contribution in [0.15, 0.2) is 35.7 Å². The van der Waals surface area contributed by atoms with E-state index in [4.69, 9.17) is 0 Å². The number of phenols is 2. The van der Waals surface area contributed by atoms with Gasteiger partial charge in [0.15, 0.2) is 11.5 Å². The molecule has 5 heteroatoms. The minimum atomic E-state index is -0.398. The van der Waals surface area contributed by atoms with Gasteiger partial charge in [0.1, 0.15) is 0 Å². The first-order valence-corrected chi connectivity index (χ1v) is 7.24. The Labute approximate surface area is 121 Å². The van der Waals surface area contributed by atoms with Crippen LogP contribution in [0.3, 0.4) is 0 Å². The molecule has 0 aliphatic rings. The molecule has 0 saturated carbocycles. The van der Waals surface area contributed by atoms with E-state index in [-0.39, 0.29) is 23.3 Å². The maximum absolute atomic E-state index is 12.3. The smallest absolute Gasteiger partial charge is 0.255 e. The monoisotopic (exact) mass is 291 g/mol. The highest BCUT2D eigenvalue weighted by Crippen LogP contribution is 2.30. The molecule has 106 valence electrons. The predicted molar refractivity (Wildman–Crippen MR) is 79.1 cm³/mol. The van der Waals surface area contributed by atoms with Crippen molar-refractivity contribution < 1.29 is 15.0 Å². The number of phenolic OH excluding ortho intramolecular Hbond substituents is 2. The average molecular weight is 291 g/mol. The summed E-state index contributed by atoms with van der Waals surface area (Å²) in [5.41, 5.74) is 0.0761. The van der Waals surface area contributed by atoms with Crippen LogP contribution >= 0.6 is 11.3 Å². The Morgan fingerprint density at radius 2 is 1.95 bits per heavy atom. The minimum Gasteiger partial charge on any atom is -0.504 e. The number of para-hydroxylation sites is 1. The van der Waals surface area contributed by atoms with Gasteiger partial charge in [0.25, 0.3) is 5.91 Å². The molecule has 1 unspecified atom stereocenters. The van der Waals surface area contributed by atoms with Crippen molar-refractivity contribution in [1.82, 2.24) is 5.32 Å². The first-order chi connectivity index (χ1) is 9.50. The largest absolute Gasteiger partial charge is 0.504 e. The van der Waals surface area contributed by atoms with Crippen molar-refractivity contribution in [1.29, 1.82) is 0 Å². The fourth-order valence-electron chi connectivity index (χ4n) is 1.97. The quantitative estimate of drug-likeness (QED) is 0.757. The van der Waals surface area contributed by atoms with E-state index in [1.54, 1.807) is 11.3 Å². The van der Waals surface area contributed by atoms with E-state index in [0.29, 0.717) is 0 Å². The van der Waals surface area contributed by atoms with Crippen molar-refractivity contribution in [2.45, 2.75) is 19.9 Å². The minimum absolute atomic E-state index is 0.0761. The van der Waals surface area contributed by atoms with Gasteiger partial charge >= 0.3 is 0 Å². The van der Waals surface area contributed by atoms with Crippen LogP contribution in [-0.4, -0.2) is 16.1 Å². The zero-order valence-electron chi connectivity index (χ0n) is 11.3. The number of carbonyl (C=O) groups excluding carboxylic acids is 1. The molecule has 0 bridgehead atoms. The summed E-state index contributed by atoms with van der Waals surface area (Å²) in [5.74, 6) is -0.865. The zero-order chi connectivity index (χ0) is 14.7. The molecule has 0 saturated heterocycles. The van der Waals surface area contributed by atoms with Gasteiger partial charge in [0.05, 0.1) is 11.6 Å². The number of hydrogen-bond acceptors (Lipinski definition) is 4. The van der Waals surface area contributed by atoms with E-state index in [9.17, 15) is 15.0 Å². The lowest BCUT2D eigenvalue weighted by Gasteiger charge is -2.21. The number of amides is 1. The topological polar surface area (TPSA) is 69.6 Å². The van der Waals surface area contributed by atoms with Crippen LogP contribution < -0.4 is 5.32 Å². The number of benzene rings is 1. The van der Waals surface area contributed by atoms with Gasteiger partial charge in [-0.25, -0.2) is 0 Å². The summed E-state index contributed by atoms with van der Waals surface area (Å²) >= 11 is 1.58. The fourth-order valence-corrected chi connectivity index (χ4v) is 2.92. The van der Waals surface area contributed by atoms with Crippen molar-refractivity contribution in [3.05, 3.63) is 46.2 Å². The van der Waals surface area contributed by atoms with E-state index < -0.39 is 11.7 Å².